The summed E-state index contributed by atoms with van der Waals surface area (Å²) < 4.78 is 17.1. The van der Waals surface area contributed by atoms with Crippen molar-refractivity contribution in [2.45, 2.75) is 13.5 Å². The van der Waals surface area contributed by atoms with Gasteiger partial charge in [-0.1, -0.05) is 23.7 Å². The molecule has 1 aromatic heterocycles. The Hall–Kier alpha value is -2.51. The molecule has 1 aliphatic heterocycles. The predicted molar refractivity (Wildman–Crippen MR) is 105 cm³/mol. The standard InChI is InChI=1S/C17H17ClFN3O.C3H6O2/c18-15-9-14(10-20-11-15)17(23)22-7-5-21(6-8-22)12-13-1-3-16(19)4-2-13;1-2-5-3-4/h1-4,9-11H,5-8,12H2;3H,2H2,1H3. The summed E-state index contributed by atoms with van der Waals surface area (Å²) in [5, 5.41) is 0.464. The molecular formula is C20H23ClFN3O3. The lowest BCUT2D eigenvalue weighted by molar-refractivity contribution is -0.128. The largest absolute Gasteiger partial charge is 0.468 e. The molecule has 1 saturated heterocycles. The van der Waals surface area contributed by atoms with Crippen molar-refractivity contribution in [2.75, 3.05) is 32.8 Å². The maximum atomic E-state index is 12.9. The second kappa shape index (κ2) is 11.4. The average molecular weight is 408 g/mol. The van der Waals surface area contributed by atoms with E-state index in [0.717, 1.165) is 25.2 Å². The van der Waals surface area contributed by atoms with Crippen molar-refractivity contribution in [3.05, 3.63) is 64.7 Å². The zero-order chi connectivity index (χ0) is 20.4. The normalized spacial score (nSPS) is 14.0. The maximum absolute atomic E-state index is 12.9. The molecule has 1 amide bonds. The van der Waals surface area contributed by atoms with Gasteiger partial charge in [0.25, 0.3) is 12.4 Å². The van der Waals surface area contributed by atoms with E-state index in [-0.39, 0.29) is 11.7 Å². The lowest BCUT2D eigenvalue weighted by atomic mass is 10.2. The zero-order valence-electron chi connectivity index (χ0n) is 15.7. The van der Waals surface area contributed by atoms with Crippen LogP contribution in [-0.4, -0.2) is 59.9 Å². The van der Waals surface area contributed by atoms with Gasteiger partial charge in [0.1, 0.15) is 5.82 Å². The van der Waals surface area contributed by atoms with Crippen molar-refractivity contribution >= 4 is 24.0 Å². The number of carbonyl (C=O) groups is 2. The van der Waals surface area contributed by atoms with Crippen LogP contribution in [0.25, 0.3) is 0 Å². The van der Waals surface area contributed by atoms with Crippen LogP contribution in [0.5, 0.6) is 0 Å². The minimum Gasteiger partial charge on any atom is -0.468 e. The summed E-state index contributed by atoms with van der Waals surface area (Å²) in [6, 6.07) is 8.18. The van der Waals surface area contributed by atoms with Crippen LogP contribution in [0, 0.1) is 5.82 Å². The molecule has 28 heavy (non-hydrogen) atoms. The molecule has 1 aromatic carbocycles. The second-order valence-corrected chi connectivity index (χ2v) is 6.57. The number of rotatable bonds is 5. The molecule has 3 rings (SSSR count). The van der Waals surface area contributed by atoms with Crippen LogP contribution in [0.3, 0.4) is 0 Å². The molecule has 0 unspecified atom stereocenters. The quantitative estimate of drug-likeness (QED) is 0.713. The molecule has 0 bridgehead atoms. The van der Waals surface area contributed by atoms with Crippen LogP contribution in [0.15, 0.2) is 42.7 Å². The number of nitrogens with zero attached hydrogens (tertiary/aromatic N) is 3. The minimum absolute atomic E-state index is 0.0403. The topological polar surface area (TPSA) is 62.7 Å². The van der Waals surface area contributed by atoms with Crippen LogP contribution >= 0.6 is 11.6 Å². The number of halogens is 2. The molecule has 0 aliphatic carbocycles. The monoisotopic (exact) mass is 407 g/mol. The molecule has 1 aliphatic rings. The summed E-state index contributed by atoms with van der Waals surface area (Å²) in [7, 11) is 0. The van der Waals surface area contributed by atoms with Gasteiger partial charge in [-0.2, -0.15) is 0 Å². The highest BCUT2D eigenvalue weighted by atomic mass is 35.5. The second-order valence-electron chi connectivity index (χ2n) is 6.14. The lowest BCUT2D eigenvalue weighted by Gasteiger charge is -2.34. The van der Waals surface area contributed by atoms with E-state index >= 15 is 0 Å². The first-order valence-electron chi connectivity index (χ1n) is 8.95. The van der Waals surface area contributed by atoms with E-state index in [1.54, 1.807) is 31.3 Å². The smallest absolute Gasteiger partial charge is 0.293 e. The molecule has 2 aromatic rings. The molecule has 0 radical (unpaired) electrons. The van der Waals surface area contributed by atoms with Crippen molar-refractivity contribution in [3.8, 4) is 0 Å². The highest BCUT2D eigenvalue weighted by molar-refractivity contribution is 6.30. The van der Waals surface area contributed by atoms with Gasteiger partial charge < -0.3 is 9.64 Å². The summed E-state index contributed by atoms with van der Waals surface area (Å²) in [6.45, 7) is 6.33. The highest BCUT2D eigenvalue weighted by Crippen LogP contribution is 2.14. The Morgan fingerprint density at radius 3 is 2.43 bits per heavy atom. The Balaban J connectivity index is 0.000000500. The molecular weight excluding hydrogens is 385 g/mol. The number of aromatic nitrogens is 1. The molecule has 150 valence electrons. The summed E-state index contributed by atoms with van der Waals surface area (Å²) in [5.74, 6) is -0.263. The molecule has 8 heteroatoms. The van der Waals surface area contributed by atoms with E-state index in [4.69, 9.17) is 11.6 Å². The SMILES string of the molecule is CCOC=O.O=C(c1cncc(Cl)c1)N1CCN(Cc2ccc(F)cc2)CC1. The molecule has 0 atom stereocenters. The summed E-state index contributed by atoms with van der Waals surface area (Å²) in [6.07, 6.45) is 3.05. The first kappa shape index (κ1) is 21.8. The fourth-order valence-corrected chi connectivity index (χ4v) is 2.91. The van der Waals surface area contributed by atoms with Crippen molar-refractivity contribution in [1.29, 1.82) is 0 Å². The molecule has 2 heterocycles. The van der Waals surface area contributed by atoms with Gasteiger partial charge in [0.15, 0.2) is 0 Å². The van der Waals surface area contributed by atoms with E-state index in [1.807, 2.05) is 4.90 Å². The first-order valence-corrected chi connectivity index (χ1v) is 9.33. The van der Waals surface area contributed by atoms with Crippen LogP contribution in [0.1, 0.15) is 22.8 Å². The number of hydrogen-bond acceptors (Lipinski definition) is 5. The van der Waals surface area contributed by atoms with Gasteiger partial charge in [-0.25, -0.2) is 4.39 Å². The van der Waals surface area contributed by atoms with Crippen LogP contribution in [0.2, 0.25) is 5.02 Å². The zero-order valence-corrected chi connectivity index (χ0v) is 16.4. The average Bonchev–Trinajstić information content (AvgIpc) is 2.71. The number of carbonyl (C=O) groups excluding carboxylic acids is 2. The van der Waals surface area contributed by atoms with E-state index in [9.17, 15) is 14.0 Å². The maximum Gasteiger partial charge on any atom is 0.293 e. The highest BCUT2D eigenvalue weighted by Gasteiger charge is 2.22. The van der Waals surface area contributed by atoms with Gasteiger partial charge in [-0.3, -0.25) is 19.5 Å². The fraction of sp³-hybridized carbons (Fsp3) is 0.350. The number of amides is 1. The van der Waals surface area contributed by atoms with E-state index < -0.39 is 0 Å². The molecule has 0 N–H and O–H groups in total. The predicted octanol–water partition coefficient (Wildman–Crippen LogP) is 3.01. The molecule has 0 spiro atoms. The first-order chi connectivity index (χ1) is 13.5. The number of ether oxygens (including phenoxy) is 1. The summed E-state index contributed by atoms with van der Waals surface area (Å²) >= 11 is 5.88. The van der Waals surface area contributed by atoms with Crippen molar-refractivity contribution in [2.24, 2.45) is 0 Å². The van der Waals surface area contributed by atoms with Gasteiger partial charge in [-0.05, 0) is 30.7 Å². The van der Waals surface area contributed by atoms with E-state index in [0.29, 0.717) is 36.8 Å². The van der Waals surface area contributed by atoms with Crippen LogP contribution in [0.4, 0.5) is 4.39 Å². The number of hydrogen-bond donors (Lipinski definition) is 0. The van der Waals surface area contributed by atoms with Gasteiger partial charge in [0.2, 0.25) is 0 Å². The van der Waals surface area contributed by atoms with E-state index in [2.05, 4.69) is 14.6 Å². The van der Waals surface area contributed by atoms with Gasteiger partial charge >= 0.3 is 0 Å². The molecule has 1 fully saturated rings. The Morgan fingerprint density at radius 1 is 1.21 bits per heavy atom. The summed E-state index contributed by atoms with van der Waals surface area (Å²) in [5.41, 5.74) is 1.59. The fourth-order valence-electron chi connectivity index (χ4n) is 2.74. The van der Waals surface area contributed by atoms with E-state index in [1.165, 1.54) is 18.3 Å². The summed E-state index contributed by atoms with van der Waals surface area (Å²) in [4.78, 5) is 29.6. The molecule has 6 nitrogen and oxygen atoms in total. The Kier molecular flexibility index (Phi) is 8.84. The van der Waals surface area contributed by atoms with Gasteiger partial charge in [-0.15, -0.1) is 0 Å². The Morgan fingerprint density at radius 2 is 1.89 bits per heavy atom. The van der Waals surface area contributed by atoms with Crippen LogP contribution in [-0.2, 0) is 16.1 Å². The van der Waals surface area contributed by atoms with Crippen molar-refractivity contribution in [3.63, 3.8) is 0 Å². The minimum atomic E-state index is -0.223. The third kappa shape index (κ3) is 6.90. The van der Waals surface area contributed by atoms with Gasteiger partial charge in [0.05, 0.1) is 17.2 Å². The third-order valence-corrected chi connectivity index (χ3v) is 4.37. The number of benzene rings is 1. The number of piperazine rings is 1. The van der Waals surface area contributed by atoms with Gasteiger partial charge in [0, 0.05) is 45.1 Å². The van der Waals surface area contributed by atoms with Crippen LogP contribution < -0.4 is 0 Å². The Bertz CT molecular complexity index is 766. The Labute approximate surface area is 168 Å². The lowest BCUT2D eigenvalue weighted by Crippen LogP contribution is -2.48. The van der Waals surface area contributed by atoms with Crippen molar-refractivity contribution < 1.29 is 18.7 Å². The van der Waals surface area contributed by atoms with Crippen molar-refractivity contribution in [1.82, 2.24) is 14.8 Å². The molecule has 0 saturated carbocycles. The third-order valence-electron chi connectivity index (χ3n) is 4.17. The number of pyridine rings is 1.